The van der Waals surface area contributed by atoms with Gasteiger partial charge in [0.05, 0.1) is 21.3 Å². The van der Waals surface area contributed by atoms with E-state index in [1.807, 2.05) is 18.2 Å². The Morgan fingerprint density at radius 2 is 0.840 bits per heavy atom. The minimum atomic E-state index is -1.67. The fraction of sp³-hybridized carbons (Fsp3) is 0.143. The highest BCUT2D eigenvalue weighted by atomic mass is 28.3. The summed E-state index contributed by atoms with van der Waals surface area (Å²) in [5.41, 5.74) is 0. The molecule has 0 aromatic heterocycles. The summed E-state index contributed by atoms with van der Waals surface area (Å²) in [5.74, 6) is 2.63. The van der Waals surface area contributed by atoms with Crippen molar-refractivity contribution in [2.24, 2.45) is 0 Å². The second-order valence-corrected chi connectivity index (χ2v) is 8.63. The summed E-state index contributed by atoms with van der Waals surface area (Å²) >= 11 is 0. The molecule has 0 bridgehead atoms. The average molecular weight is 350 g/mol. The van der Waals surface area contributed by atoms with Crippen LogP contribution >= 0.6 is 0 Å². The smallest absolute Gasteiger partial charge is 0.133 e. The fourth-order valence-electron chi connectivity index (χ4n) is 3.04. The van der Waals surface area contributed by atoms with Gasteiger partial charge in [0.15, 0.2) is 0 Å². The Labute approximate surface area is 150 Å². The predicted molar refractivity (Wildman–Crippen MR) is 105 cm³/mol. The zero-order valence-corrected chi connectivity index (χ0v) is 15.9. The van der Waals surface area contributed by atoms with Crippen molar-refractivity contribution in [3.8, 4) is 17.2 Å². The van der Waals surface area contributed by atoms with E-state index in [-0.39, 0.29) is 0 Å². The van der Waals surface area contributed by atoms with Crippen LogP contribution in [-0.2, 0) is 0 Å². The van der Waals surface area contributed by atoms with Crippen LogP contribution in [0.25, 0.3) is 0 Å². The maximum atomic E-state index is 5.44. The second kappa shape index (κ2) is 7.90. The van der Waals surface area contributed by atoms with E-state index in [0.717, 1.165) is 17.2 Å². The number of hydrogen-bond acceptors (Lipinski definition) is 3. The number of rotatable bonds is 6. The number of ether oxygens (including phenoxy) is 3. The van der Waals surface area contributed by atoms with E-state index in [0.29, 0.717) is 0 Å². The largest absolute Gasteiger partial charge is 0.497 e. The maximum absolute atomic E-state index is 5.44. The van der Waals surface area contributed by atoms with Crippen LogP contribution < -0.4 is 29.8 Å². The summed E-state index contributed by atoms with van der Waals surface area (Å²) in [7, 11) is 3.43. The molecule has 3 aromatic rings. The molecule has 0 amide bonds. The summed E-state index contributed by atoms with van der Waals surface area (Å²) in [6, 6.07) is 25.0. The van der Waals surface area contributed by atoms with Gasteiger partial charge in [0.2, 0.25) is 0 Å². The van der Waals surface area contributed by atoms with Gasteiger partial charge in [0.25, 0.3) is 0 Å². The third-order valence-electron chi connectivity index (χ3n) is 4.28. The zero-order valence-electron chi connectivity index (χ0n) is 14.7. The highest BCUT2D eigenvalue weighted by Crippen LogP contribution is 2.12. The van der Waals surface area contributed by atoms with Crippen LogP contribution in [0.3, 0.4) is 0 Å². The molecule has 0 heterocycles. The van der Waals surface area contributed by atoms with Gasteiger partial charge in [-0.05, 0) is 52.0 Å². The lowest BCUT2D eigenvalue weighted by Gasteiger charge is -2.19. The first-order valence-electron chi connectivity index (χ1n) is 8.17. The van der Waals surface area contributed by atoms with Crippen LogP contribution in [0.1, 0.15) is 0 Å². The normalized spacial score (nSPS) is 10.6. The molecule has 0 aliphatic carbocycles. The van der Waals surface area contributed by atoms with E-state index in [4.69, 9.17) is 14.2 Å². The number of hydrogen-bond donors (Lipinski definition) is 0. The van der Waals surface area contributed by atoms with Crippen LogP contribution in [0.4, 0.5) is 0 Å². The van der Waals surface area contributed by atoms with E-state index < -0.39 is 8.80 Å². The minimum Gasteiger partial charge on any atom is -0.497 e. The van der Waals surface area contributed by atoms with Gasteiger partial charge in [0.1, 0.15) is 26.0 Å². The van der Waals surface area contributed by atoms with Crippen LogP contribution in [0.5, 0.6) is 17.2 Å². The van der Waals surface area contributed by atoms with Gasteiger partial charge in [0, 0.05) is 0 Å². The van der Waals surface area contributed by atoms with Crippen molar-refractivity contribution < 1.29 is 14.2 Å². The monoisotopic (exact) mass is 350 g/mol. The molecule has 0 saturated heterocycles. The van der Waals surface area contributed by atoms with Gasteiger partial charge >= 0.3 is 0 Å². The van der Waals surface area contributed by atoms with Gasteiger partial charge < -0.3 is 14.2 Å². The van der Waals surface area contributed by atoms with Gasteiger partial charge in [-0.1, -0.05) is 36.4 Å². The predicted octanol–water partition coefficient (Wildman–Crippen LogP) is 1.96. The molecule has 0 fully saturated rings. The quantitative estimate of drug-likeness (QED) is 0.502. The average Bonchev–Trinajstić information content (AvgIpc) is 2.68. The second-order valence-electron chi connectivity index (χ2n) is 5.76. The lowest BCUT2D eigenvalue weighted by molar-refractivity contribution is 0.415. The molecule has 3 rings (SSSR count). The lowest BCUT2D eigenvalue weighted by Crippen LogP contribution is -2.51. The Balaban J connectivity index is 2.16. The van der Waals surface area contributed by atoms with Crippen molar-refractivity contribution >= 4 is 24.4 Å². The molecule has 25 heavy (non-hydrogen) atoms. The van der Waals surface area contributed by atoms with Gasteiger partial charge in [-0.25, -0.2) is 0 Å². The van der Waals surface area contributed by atoms with Crippen LogP contribution in [0.2, 0.25) is 0 Å². The fourth-order valence-corrected chi connectivity index (χ4v) is 6.10. The molecule has 0 aliphatic heterocycles. The lowest BCUT2D eigenvalue weighted by atomic mass is 10.3. The summed E-state index contributed by atoms with van der Waals surface area (Å²) in [5, 5.41) is 3.88. The third kappa shape index (κ3) is 3.86. The first kappa shape index (κ1) is 17.1. The maximum Gasteiger partial charge on any atom is 0.133 e. The van der Waals surface area contributed by atoms with Crippen molar-refractivity contribution in [3.05, 3.63) is 72.8 Å². The Hall–Kier alpha value is -2.72. The highest BCUT2D eigenvalue weighted by molar-refractivity contribution is 6.95. The number of methoxy groups -OCH3 is 3. The van der Waals surface area contributed by atoms with Crippen molar-refractivity contribution in [2.75, 3.05) is 21.3 Å². The molecule has 0 aliphatic rings. The van der Waals surface area contributed by atoms with Gasteiger partial charge in [-0.3, -0.25) is 0 Å². The molecule has 0 radical (unpaired) electrons. The molecule has 0 spiro atoms. The van der Waals surface area contributed by atoms with E-state index in [1.165, 1.54) is 15.6 Å². The van der Waals surface area contributed by atoms with Crippen molar-refractivity contribution in [3.63, 3.8) is 0 Å². The first-order chi connectivity index (χ1) is 12.2. The van der Waals surface area contributed by atoms with Gasteiger partial charge in [-0.15, -0.1) is 0 Å². The Morgan fingerprint density at radius 1 is 0.520 bits per heavy atom. The summed E-state index contributed by atoms with van der Waals surface area (Å²) in [4.78, 5) is 0. The molecule has 0 atom stereocenters. The zero-order chi connectivity index (χ0) is 17.6. The van der Waals surface area contributed by atoms with Gasteiger partial charge in [-0.2, -0.15) is 0 Å². The Morgan fingerprint density at radius 3 is 1.12 bits per heavy atom. The van der Waals surface area contributed by atoms with Crippen LogP contribution in [-0.4, -0.2) is 30.1 Å². The summed E-state index contributed by atoms with van der Waals surface area (Å²) in [6.45, 7) is 0. The third-order valence-corrected chi connectivity index (χ3v) is 7.36. The van der Waals surface area contributed by atoms with E-state index in [9.17, 15) is 0 Å². The van der Waals surface area contributed by atoms with Crippen molar-refractivity contribution in [2.45, 2.75) is 0 Å². The van der Waals surface area contributed by atoms with Crippen molar-refractivity contribution in [1.29, 1.82) is 0 Å². The molecule has 128 valence electrons. The Kier molecular flexibility index (Phi) is 5.41. The Bertz CT molecular complexity index is 735. The SMILES string of the molecule is COc1cccc([SiH](c2cccc(OC)c2)c2cccc(OC)c2)c1. The van der Waals surface area contributed by atoms with E-state index >= 15 is 0 Å². The van der Waals surface area contributed by atoms with Crippen molar-refractivity contribution in [1.82, 2.24) is 0 Å². The molecule has 3 nitrogen and oxygen atoms in total. The molecule has 3 aromatic carbocycles. The topological polar surface area (TPSA) is 27.7 Å². The molecule has 0 saturated carbocycles. The summed E-state index contributed by atoms with van der Waals surface area (Å²) in [6.07, 6.45) is 0. The van der Waals surface area contributed by atoms with Crippen LogP contribution in [0, 0.1) is 0 Å². The molecule has 0 unspecified atom stereocenters. The minimum absolute atomic E-state index is 0.876. The molecule has 4 heteroatoms. The molecule has 0 N–H and O–H groups in total. The van der Waals surface area contributed by atoms with E-state index in [1.54, 1.807) is 21.3 Å². The molecular formula is C21H22O3Si. The highest BCUT2D eigenvalue weighted by Gasteiger charge is 2.20. The first-order valence-corrected chi connectivity index (χ1v) is 9.90. The molecular weight excluding hydrogens is 328 g/mol. The standard InChI is InChI=1S/C21H22O3Si/c1-22-16-7-4-10-19(13-16)25(20-11-5-8-17(14-20)23-2)21-12-6-9-18(15-21)24-3/h4-15,25H,1-3H3. The van der Waals surface area contributed by atoms with Crippen LogP contribution in [0.15, 0.2) is 72.8 Å². The summed E-state index contributed by atoms with van der Waals surface area (Å²) < 4.78 is 16.3. The number of benzene rings is 3. The van der Waals surface area contributed by atoms with E-state index in [2.05, 4.69) is 54.6 Å².